The Labute approximate surface area is 115 Å². The lowest BCUT2D eigenvalue weighted by molar-refractivity contribution is -0.116. The van der Waals surface area contributed by atoms with E-state index in [1.165, 1.54) is 0 Å². The van der Waals surface area contributed by atoms with Crippen molar-refractivity contribution in [3.05, 3.63) is 24.3 Å². The number of hydrogen-bond donors (Lipinski definition) is 2. The van der Waals surface area contributed by atoms with Gasteiger partial charge in [-0.2, -0.15) is 0 Å². The third kappa shape index (κ3) is 6.25. The Kier molecular flexibility index (Phi) is 6.97. The van der Waals surface area contributed by atoms with E-state index >= 15 is 0 Å². The van der Waals surface area contributed by atoms with Gasteiger partial charge in [0.05, 0.1) is 6.61 Å². The molecule has 0 aliphatic carbocycles. The summed E-state index contributed by atoms with van der Waals surface area (Å²) in [6, 6.07) is 7.88. The van der Waals surface area contributed by atoms with Gasteiger partial charge in [0.25, 0.3) is 0 Å². The molecule has 1 unspecified atom stereocenters. The first-order chi connectivity index (χ1) is 9.15. The van der Waals surface area contributed by atoms with Crippen molar-refractivity contribution in [2.24, 2.45) is 0 Å². The fourth-order valence-electron chi connectivity index (χ4n) is 1.60. The lowest BCUT2D eigenvalue weighted by Crippen LogP contribution is -2.28. The first kappa shape index (κ1) is 15.5. The Morgan fingerprint density at radius 2 is 1.95 bits per heavy atom. The molecule has 4 heteroatoms. The zero-order valence-corrected chi connectivity index (χ0v) is 12.0. The van der Waals surface area contributed by atoms with Crippen LogP contribution in [0.3, 0.4) is 0 Å². The number of carbonyl (C=O) groups excluding carboxylic acids is 1. The third-order valence-corrected chi connectivity index (χ3v) is 2.91. The van der Waals surface area contributed by atoms with Crippen LogP contribution >= 0.6 is 0 Å². The molecule has 0 spiro atoms. The predicted molar refractivity (Wildman–Crippen MR) is 78.6 cm³/mol. The van der Waals surface area contributed by atoms with Crippen LogP contribution in [0.25, 0.3) is 0 Å². The van der Waals surface area contributed by atoms with Crippen LogP contribution in [0, 0.1) is 0 Å². The lowest BCUT2D eigenvalue weighted by atomic mass is 10.2. The Balaban J connectivity index is 2.31. The van der Waals surface area contributed by atoms with Gasteiger partial charge in [0, 0.05) is 24.7 Å². The topological polar surface area (TPSA) is 50.4 Å². The maximum atomic E-state index is 11.7. The maximum Gasteiger partial charge on any atom is 0.225 e. The highest BCUT2D eigenvalue weighted by Crippen LogP contribution is 2.15. The highest BCUT2D eigenvalue weighted by Gasteiger charge is 2.03. The molecule has 2 N–H and O–H groups in total. The number of rotatable bonds is 8. The second kappa shape index (κ2) is 8.53. The fourth-order valence-corrected chi connectivity index (χ4v) is 1.60. The molecule has 1 rings (SSSR count). The van der Waals surface area contributed by atoms with Gasteiger partial charge in [-0.25, -0.2) is 0 Å². The van der Waals surface area contributed by atoms with Crippen LogP contribution < -0.4 is 15.4 Å². The number of amides is 1. The maximum absolute atomic E-state index is 11.7. The van der Waals surface area contributed by atoms with Crippen LogP contribution in [0.15, 0.2) is 24.3 Å². The largest absolute Gasteiger partial charge is 0.494 e. The molecule has 106 valence electrons. The summed E-state index contributed by atoms with van der Waals surface area (Å²) in [6.45, 7) is 7.53. The zero-order chi connectivity index (χ0) is 14.1. The van der Waals surface area contributed by atoms with Gasteiger partial charge in [0.1, 0.15) is 5.75 Å². The molecule has 0 aliphatic rings. The van der Waals surface area contributed by atoms with Gasteiger partial charge in [0.2, 0.25) is 5.91 Å². The van der Waals surface area contributed by atoms with Crippen LogP contribution in [0.5, 0.6) is 5.75 Å². The first-order valence-electron chi connectivity index (χ1n) is 6.91. The molecule has 0 aromatic heterocycles. The van der Waals surface area contributed by atoms with Gasteiger partial charge >= 0.3 is 0 Å². The van der Waals surface area contributed by atoms with E-state index in [1.807, 2.05) is 31.2 Å². The molecule has 0 saturated heterocycles. The van der Waals surface area contributed by atoms with Gasteiger partial charge in [0.15, 0.2) is 0 Å². The molecule has 4 nitrogen and oxygen atoms in total. The van der Waals surface area contributed by atoms with Crippen LogP contribution in [-0.4, -0.2) is 25.1 Å². The quantitative estimate of drug-likeness (QED) is 0.759. The molecule has 0 saturated carbocycles. The normalized spacial score (nSPS) is 11.9. The van der Waals surface area contributed by atoms with Gasteiger partial charge in [-0.05, 0) is 44.5 Å². The average Bonchev–Trinajstić information content (AvgIpc) is 2.41. The smallest absolute Gasteiger partial charge is 0.225 e. The Morgan fingerprint density at radius 3 is 2.53 bits per heavy atom. The number of benzene rings is 1. The minimum atomic E-state index is 0.0277. The molecular weight excluding hydrogens is 240 g/mol. The monoisotopic (exact) mass is 264 g/mol. The van der Waals surface area contributed by atoms with E-state index in [0.29, 0.717) is 25.6 Å². The number of ether oxygens (including phenoxy) is 1. The second-order valence-electron chi connectivity index (χ2n) is 4.52. The van der Waals surface area contributed by atoms with Crippen LogP contribution in [-0.2, 0) is 4.79 Å². The summed E-state index contributed by atoms with van der Waals surface area (Å²) in [4.78, 5) is 11.7. The molecule has 1 aromatic carbocycles. The highest BCUT2D eigenvalue weighted by atomic mass is 16.5. The molecule has 19 heavy (non-hydrogen) atoms. The van der Waals surface area contributed by atoms with Crippen molar-refractivity contribution in [1.82, 2.24) is 5.32 Å². The van der Waals surface area contributed by atoms with E-state index in [9.17, 15) is 4.79 Å². The van der Waals surface area contributed by atoms with Crippen molar-refractivity contribution < 1.29 is 9.53 Å². The summed E-state index contributed by atoms with van der Waals surface area (Å²) in [6.07, 6.45) is 1.55. The van der Waals surface area contributed by atoms with E-state index in [0.717, 1.165) is 17.9 Å². The van der Waals surface area contributed by atoms with E-state index in [2.05, 4.69) is 24.5 Å². The van der Waals surface area contributed by atoms with Crippen molar-refractivity contribution in [1.29, 1.82) is 0 Å². The number of carbonyl (C=O) groups is 1. The number of nitrogens with one attached hydrogen (secondary N) is 2. The highest BCUT2D eigenvalue weighted by molar-refractivity contribution is 5.90. The molecule has 1 amide bonds. The Hall–Kier alpha value is -1.55. The van der Waals surface area contributed by atoms with Crippen molar-refractivity contribution >= 4 is 11.6 Å². The SMILES string of the molecule is CCOc1ccc(NC(=O)CCNC(C)CC)cc1. The number of anilines is 1. The van der Waals surface area contributed by atoms with Gasteiger partial charge < -0.3 is 15.4 Å². The van der Waals surface area contributed by atoms with Crippen LogP contribution in [0.4, 0.5) is 5.69 Å². The zero-order valence-electron chi connectivity index (χ0n) is 12.0. The lowest BCUT2D eigenvalue weighted by Gasteiger charge is -2.11. The Bertz CT molecular complexity index is 376. The molecule has 0 aliphatic heterocycles. The van der Waals surface area contributed by atoms with Crippen molar-refractivity contribution in [3.8, 4) is 5.75 Å². The summed E-state index contributed by atoms with van der Waals surface area (Å²) < 4.78 is 5.35. The summed E-state index contributed by atoms with van der Waals surface area (Å²) in [5.41, 5.74) is 0.803. The van der Waals surface area contributed by atoms with Gasteiger partial charge in [-0.1, -0.05) is 6.92 Å². The molecule has 1 atom stereocenters. The fraction of sp³-hybridized carbons (Fsp3) is 0.533. The molecule has 1 aromatic rings. The van der Waals surface area contributed by atoms with Crippen LogP contribution in [0.2, 0.25) is 0 Å². The molecule has 0 bridgehead atoms. The van der Waals surface area contributed by atoms with Crippen molar-refractivity contribution in [3.63, 3.8) is 0 Å². The van der Waals surface area contributed by atoms with E-state index in [-0.39, 0.29) is 5.91 Å². The predicted octanol–water partition coefficient (Wildman–Crippen LogP) is 2.80. The molecule has 0 fully saturated rings. The van der Waals surface area contributed by atoms with Gasteiger partial charge in [-0.3, -0.25) is 4.79 Å². The van der Waals surface area contributed by atoms with E-state index in [1.54, 1.807) is 0 Å². The summed E-state index contributed by atoms with van der Waals surface area (Å²) in [5, 5.41) is 6.16. The second-order valence-corrected chi connectivity index (χ2v) is 4.52. The van der Waals surface area contributed by atoms with Crippen molar-refractivity contribution in [2.75, 3.05) is 18.5 Å². The van der Waals surface area contributed by atoms with Gasteiger partial charge in [-0.15, -0.1) is 0 Å². The summed E-state index contributed by atoms with van der Waals surface area (Å²) in [5.74, 6) is 0.846. The summed E-state index contributed by atoms with van der Waals surface area (Å²) >= 11 is 0. The van der Waals surface area contributed by atoms with Crippen molar-refractivity contribution in [2.45, 2.75) is 39.7 Å². The molecular formula is C15H24N2O2. The molecule has 0 heterocycles. The number of hydrogen-bond acceptors (Lipinski definition) is 3. The standard InChI is InChI=1S/C15H24N2O2/c1-4-12(3)16-11-10-15(18)17-13-6-8-14(9-7-13)19-5-2/h6-9,12,16H,4-5,10-11H2,1-3H3,(H,17,18). The summed E-state index contributed by atoms with van der Waals surface area (Å²) in [7, 11) is 0. The Morgan fingerprint density at radius 1 is 1.26 bits per heavy atom. The van der Waals surface area contributed by atoms with E-state index < -0.39 is 0 Å². The van der Waals surface area contributed by atoms with E-state index in [4.69, 9.17) is 4.74 Å². The van der Waals surface area contributed by atoms with Crippen LogP contribution in [0.1, 0.15) is 33.6 Å². The average molecular weight is 264 g/mol. The molecule has 0 radical (unpaired) electrons. The minimum Gasteiger partial charge on any atom is -0.494 e. The first-order valence-corrected chi connectivity index (χ1v) is 6.91. The third-order valence-electron chi connectivity index (χ3n) is 2.91. The minimum absolute atomic E-state index is 0.0277.